The van der Waals surface area contributed by atoms with Crippen LogP contribution in [0.3, 0.4) is 0 Å². The lowest BCUT2D eigenvalue weighted by molar-refractivity contribution is 0.315. The van der Waals surface area contributed by atoms with Crippen molar-refractivity contribution in [2.75, 3.05) is 39.3 Å². The molecular formula is C24H38N2O6S2+2. The quantitative estimate of drug-likeness (QED) is 0.329. The van der Waals surface area contributed by atoms with Crippen molar-refractivity contribution in [1.29, 1.82) is 0 Å². The second-order valence-electron chi connectivity index (χ2n) is 8.46. The fourth-order valence-electron chi connectivity index (χ4n) is 4.91. The predicted octanol–water partition coefficient (Wildman–Crippen LogP) is 4.12. The van der Waals surface area contributed by atoms with Crippen LogP contribution < -0.4 is 8.97 Å². The monoisotopic (exact) mass is 514 g/mol. The van der Waals surface area contributed by atoms with Gasteiger partial charge in [0, 0.05) is 23.3 Å². The summed E-state index contributed by atoms with van der Waals surface area (Å²) in [5.74, 6) is 0. The van der Waals surface area contributed by atoms with Crippen LogP contribution in [-0.2, 0) is 20.2 Å². The topological polar surface area (TPSA) is 114 Å². The summed E-state index contributed by atoms with van der Waals surface area (Å²) in [7, 11) is -9.93. The van der Waals surface area contributed by atoms with Crippen LogP contribution in [0.15, 0.2) is 46.2 Å². The fraction of sp³-hybridized carbons (Fsp3) is 0.500. The summed E-state index contributed by atoms with van der Waals surface area (Å²) in [6, 6.07) is 8.96. The van der Waals surface area contributed by atoms with Gasteiger partial charge in [-0.1, -0.05) is 0 Å². The van der Waals surface area contributed by atoms with Crippen molar-refractivity contribution in [3.63, 3.8) is 0 Å². The maximum absolute atomic E-state index is 12.3. The third kappa shape index (κ3) is 5.22. The fourth-order valence-corrected chi connectivity index (χ4v) is 6.33. The summed E-state index contributed by atoms with van der Waals surface area (Å²) in [5, 5.41) is 0. The van der Waals surface area contributed by atoms with Gasteiger partial charge >= 0.3 is 2.85 Å². The molecule has 2 aromatic carbocycles. The van der Waals surface area contributed by atoms with Crippen molar-refractivity contribution >= 4 is 31.6 Å². The van der Waals surface area contributed by atoms with Crippen molar-refractivity contribution in [3.8, 4) is 11.1 Å². The summed E-state index contributed by atoms with van der Waals surface area (Å²) in [6.45, 7) is 16.0. The summed E-state index contributed by atoms with van der Waals surface area (Å²) in [5.41, 5.74) is 1.13. The van der Waals surface area contributed by atoms with Gasteiger partial charge in [-0.15, -0.1) is 0 Å². The lowest BCUT2D eigenvalue weighted by Gasteiger charge is -2.36. The van der Waals surface area contributed by atoms with Crippen molar-refractivity contribution in [3.05, 3.63) is 36.4 Å². The molecule has 0 saturated heterocycles. The minimum atomic E-state index is -4.96. The van der Waals surface area contributed by atoms with Crippen LogP contribution in [-0.4, -0.2) is 65.2 Å². The minimum Gasteiger partial charge on any atom is -0.744 e. The molecule has 10 heteroatoms. The molecule has 0 fully saturated rings. The molecule has 0 unspecified atom stereocenters. The number of quaternary nitrogens is 2. The molecule has 0 amide bonds. The third-order valence-electron chi connectivity index (χ3n) is 7.49. The molecule has 190 valence electrons. The van der Waals surface area contributed by atoms with Crippen LogP contribution in [0.4, 0.5) is 11.4 Å². The predicted molar refractivity (Wildman–Crippen MR) is 137 cm³/mol. The Morgan fingerprint density at radius 3 is 1.06 bits per heavy atom. The lowest BCUT2D eigenvalue weighted by atomic mass is 10.0. The first-order valence-electron chi connectivity index (χ1n) is 11.7. The number of benzene rings is 2. The molecule has 0 spiro atoms. The van der Waals surface area contributed by atoms with E-state index in [0.29, 0.717) is 59.6 Å². The van der Waals surface area contributed by atoms with E-state index >= 15 is 0 Å². The smallest absolute Gasteiger partial charge is 0.744 e. The normalized spacial score (nSPS) is 13.3. The van der Waals surface area contributed by atoms with Gasteiger partial charge in [-0.3, -0.25) is 8.97 Å². The zero-order valence-electron chi connectivity index (χ0n) is 22.9. The van der Waals surface area contributed by atoms with Crippen LogP contribution in [0.25, 0.3) is 11.1 Å². The van der Waals surface area contributed by atoms with E-state index in [2.05, 4.69) is 0 Å². The highest BCUT2D eigenvalue weighted by atomic mass is 32.2. The molecule has 2 aromatic rings. The first-order valence-corrected chi connectivity index (χ1v) is 14.5. The van der Waals surface area contributed by atoms with Gasteiger partial charge in [0.25, 0.3) is 0 Å². The van der Waals surface area contributed by atoms with Gasteiger partial charge in [-0.25, -0.2) is 16.8 Å². The van der Waals surface area contributed by atoms with Crippen LogP contribution in [0.1, 0.15) is 44.4 Å². The maximum atomic E-state index is 12.3. The average Bonchev–Trinajstić information content (AvgIpc) is 2.81. The SMILES string of the molecule is CC[N+](CC)(CC)c1ccc(-c2ccc([N+](CC)(CC)CC)cc2S(=O)(=O)[O-])c(S(=O)(=O)[O-])c1.[H+].[H+]. The average molecular weight is 515 g/mol. The molecule has 0 bridgehead atoms. The molecule has 34 heavy (non-hydrogen) atoms. The number of rotatable bonds is 11. The first-order chi connectivity index (χ1) is 15.8. The van der Waals surface area contributed by atoms with Crippen molar-refractivity contribution in [2.24, 2.45) is 0 Å². The Hall–Kier alpha value is -1.82. The molecule has 0 N–H and O–H groups in total. The molecule has 0 saturated carbocycles. The molecule has 0 aliphatic rings. The van der Waals surface area contributed by atoms with E-state index in [1.165, 1.54) is 24.3 Å². The second-order valence-corrected chi connectivity index (χ2v) is 11.2. The van der Waals surface area contributed by atoms with Gasteiger partial charge in [0.2, 0.25) is 0 Å². The van der Waals surface area contributed by atoms with Crippen molar-refractivity contribution < 1.29 is 28.8 Å². The second kappa shape index (κ2) is 10.4. The lowest BCUT2D eigenvalue weighted by Crippen LogP contribution is -2.48. The summed E-state index contributed by atoms with van der Waals surface area (Å²) in [6.07, 6.45) is 0. The number of nitrogens with zero attached hydrogens (tertiary/aromatic N) is 2. The van der Waals surface area contributed by atoms with Crippen LogP contribution in [0.5, 0.6) is 0 Å². The molecule has 0 aliphatic heterocycles. The summed E-state index contributed by atoms with van der Waals surface area (Å²) in [4.78, 5) is -1.05. The van der Waals surface area contributed by atoms with Crippen LogP contribution >= 0.6 is 0 Å². The third-order valence-corrected chi connectivity index (χ3v) is 9.24. The zero-order valence-corrected chi connectivity index (χ0v) is 22.5. The number of hydrogen-bond acceptors (Lipinski definition) is 6. The molecule has 0 radical (unpaired) electrons. The van der Waals surface area contributed by atoms with Gasteiger partial charge in [-0.05, 0) is 65.8 Å². The van der Waals surface area contributed by atoms with Crippen molar-refractivity contribution in [1.82, 2.24) is 8.97 Å². The largest absolute Gasteiger partial charge is 1.00 e. The van der Waals surface area contributed by atoms with Crippen LogP contribution in [0.2, 0.25) is 0 Å². The summed E-state index contributed by atoms with van der Waals surface area (Å²) >= 11 is 0. The molecule has 0 atom stereocenters. The highest BCUT2D eigenvalue weighted by Gasteiger charge is 2.30. The van der Waals surface area contributed by atoms with E-state index in [1.807, 2.05) is 41.5 Å². The van der Waals surface area contributed by atoms with E-state index in [4.69, 9.17) is 0 Å². The van der Waals surface area contributed by atoms with Gasteiger partial charge in [0.15, 0.2) is 0 Å². The highest BCUT2D eigenvalue weighted by Crippen LogP contribution is 2.39. The molecular weight excluding hydrogens is 476 g/mol. The Morgan fingerprint density at radius 2 is 0.853 bits per heavy atom. The van der Waals surface area contributed by atoms with E-state index in [9.17, 15) is 25.9 Å². The van der Waals surface area contributed by atoms with E-state index in [1.54, 1.807) is 12.1 Å². The van der Waals surface area contributed by atoms with E-state index in [0.717, 1.165) is 0 Å². The zero-order chi connectivity index (χ0) is 25.9. The summed E-state index contributed by atoms with van der Waals surface area (Å²) < 4.78 is 74.7. The molecule has 0 aromatic heterocycles. The molecule has 0 aliphatic carbocycles. The first kappa shape index (κ1) is 28.4. The van der Waals surface area contributed by atoms with Gasteiger partial charge < -0.3 is 9.11 Å². The minimum absolute atomic E-state index is 0. The molecule has 2 rings (SSSR count). The Balaban J connectivity index is 0.00000612. The molecule has 0 heterocycles. The Morgan fingerprint density at radius 1 is 0.588 bits per heavy atom. The van der Waals surface area contributed by atoms with E-state index < -0.39 is 30.0 Å². The molecule has 8 nitrogen and oxygen atoms in total. The Labute approximate surface area is 207 Å². The van der Waals surface area contributed by atoms with Gasteiger partial charge in [-0.2, -0.15) is 0 Å². The van der Waals surface area contributed by atoms with E-state index in [-0.39, 0.29) is 14.0 Å². The van der Waals surface area contributed by atoms with Crippen molar-refractivity contribution in [2.45, 2.75) is 51.3 Å². The van der Waals surface area contributed by atoms with Gasteiger partial charge in [0.05, 0.1) is 49.1 Å². The highest BCUT2D eigenvalue weighted by molar-refractivity contribution is 7.86. The Bertz CT molecular complexity index is 1130. The number of hydrogen-bond donors (Lipinski definition) is 0. The Kier molecular flexibility index (Phi) is 8.72. The van der Waals surface area contributed by atoms with Gasteiger partial charge in [0.1, 0.15) is 31.6 Å². The standard InChI is InChI=1S/C24H36N2O6S2/c1-7-25(8-2,9-3)19-13-15-21(23(17-19)33(27,28)29)22-16-14-20(18-24(22)34(30,31)32)26(10-4,11-5)12-6/h13-18H,7-12H2,1-6H3/p+2. The van der Waals surface area contributed by atoms with Crippen LogP contribution in [0, 0.1) is 0 Å². The maximum Gasteiger partial charge on any atom is 1.00 e.